The van der Waals surface area contributed by atoms with Gasteiger partial charge in [-0.25, -0.2) is 0 Å². The van der Waals surface area contributed by atoms with Gasteiger partial charge in [0.05, 0.1) is 23.0 Å². The highest BCUT2D eigenvalue weighted by Crippen LogP contribution is 2.32. The molecule has 3 N–H and O–H groups in total. The number of nitrogens with one attached hydrogen (secondary N) is 1. The van der Waals surface area contributed by atoms with Gasteiger partial charge in [0, 0.05) is 31.6 Å². The molecule has 118 valence electrons. The van der Waals surface area contributed by atoms with Gasteiger partial charge in [0.25, 0.3) is 0 Å². The smallest absolute Gasteiger partial charge is 0.225 e. The number of carbonyl (C=O) groups is 1. The number of rotatable bonds is 8. The molecule has 21 heavy (non-hydrogen) atoms. The second-order valence-electron chi connectivity index (χ2n) is 4.58. The van der Waals surface area contributed by atoms with Crippen molar-refractivity contribution in [3.05, 3.63) is 22.2 Å². The van der Waals surface area contributed by atoms with E-state index >= 15 is 0 Å². The van der Waals surface area contributed by atoms with Crippen LogP contribution in [0.5, 0.6) is 0 Å². The predicted octanol–water partition coefficient (Wildman–Crippen LogP) is 2.87. The highest BCUT2D eigenvalue weighted by atomic mass is 35.5. The lowest BCUT2D eigenvalue weighted by molar-refractivity contribution is -0.116. The van der Waals surface area contributed by atoms with Crippen LogP contribution in [0.1, 0.15) is 13.3 Å². The quantitative estimate of drug-likeness (QED) is 0.718. The lowest BCUT2D eigenvalue weighted by atomic mass is 10.2. The number of carbonyl (C=O) groups excluding carboxylic acids is 1. The molecule has 0 aliphatic heterocycles. The van der Waals surface area contributed by atoms with Crippen LogP contribution < -0.4 is 11.1 Å². The standard InChI is InChI=1S/C14H21Cl2N3O2/c1-3-19(6-7-21-2)5-4-13(20)18-14-11(16)8-10(15)9-12(14)17/h8-9H,3-7,17H2,1-2H3,(H,18,20). The van der Waals surface area contributed by atoms with Crippen molar-refractivity contribution in [1.29, 1.82) is 0 Å². The van der Waals surface area contributed by atoms with Crippen LogP contribution in [0.4, 0.5) is 11.4 Å². The monoisotopic (exact) mass is 333 g/mol. The summed E-state index contributed by atoms with van der Waals surface area (Å²) in [6.45, 7) is 4.99. The van der Waals surface area contributed by atoms with E-state index in [0.29, 0.717) is 41.0 Å². The van der Waals surface area contributed by atoms with Crippen LogP contribution in [-0.4, -0.2) is 44.2 Å². The fourth-order valence-electron chi connectivity index (χ4n) is 1.84. The number of hydrogen-bond donors (Lipinski definition) is 2. The third-order valence-corrected chi connectivity index (χ3v) is 3.58. The molecular weight excluding hydrogens is 313 g/mol. The van der Waals surface area contributed by atoms with Gasteiger partial charge in [-0.1, -0.05) is 30.1 Å². The van der Waals surface area contributed by atoms with Crippen molar-refractivity contribution in [3.8, 4) is 0 Å². The van der Waals surface area contributed by atoms with Crippen LogP contribution in [-0.2, 0) is 9.53 Å². The summed E-state index contributed by atoms with van der Waals surface area (Å²) < 4.78 is 5.03. The fourth-order valence-corrected chi connectivity index (χ4v) is 2.39. The molecule has 0 aliphatic carbocycles. The second-order valence-corrected chi connectivity index (χ2v) is 5.42. The third-order valence-electron chi connectivity index (χ3n) is 3.06. The average Bonchev–Trinajstić information content (AvgIpc) is 2.43. The summed E-state index contributed by atoms with van der Waals surface area (Å²) in [5, 5.41) is 3.50. The minimum atomic E-state index is -0.137. The summed E-state index contributed by atoms with van der Waals surface area (Å²) in [5.74, 6) is -0.137. The van der Waals surface area contributed by atoms with E-state index in [9.17, 15) is 4.79 Å². The van der Waals surface area contributed by atoms with Gasteiger partial charge >= 0.3 is 0 Å². The molecule has 0 spiro atoms. The normalized spacial score (nSPS) is 10.9. The van der Waals surface area contributed by atoms with Gasteiger partial charge in [-0.2, -0.15) is 0 Å². The highest BCUT2D eigenvalue weighted by Gasteiger charge is 2.12. The van der Waals surface area contributed by atoms with Gasteiger partial charge < -0.3 is 20.7 Å². The summed E-state index contributed by atoms with van der Waals surface area (Å²) in [6.07, 6.45) is 0.357. The molecule has 1 aromatic rings. The van der Waals surface area contributed by atoms with Crippen molar-refractivity contribution < 1.29 is 9.53 Å². The molecule has 0 atom stereocenters. The highest BCUT2D eigenvalue weighted by molar-refractivity contribution is 6.37. The first-order valence-corrected chi connectivity index (χ1v) is 7.49. The number of nitrogen functional groups attached to an aromatic ring is 1. The van der Waals surface area contributed by atoms with Gasteiger partial charge in [-0.3, -0.25) is 4.79 Å². The maximum Gasteiger partial charge on any atom is 0.225 e. The zero-order chi connectivity index (χ0) is 15.8. The molecule has 0 radical (unpaired) electrons. The molecule has 0 heterocycles. The molecule has 0 unspecified atom stereocenters. The van der Waals surface area contributed by atoms with Crippen molar-refractivity contribution in [3.63, 3.8) is 0 Å². The van der Waals surface area contributed by atoms with Crippen molar-refractivity contribution in [2.45, 2.75) is 13.3 Å². The Bertz CT molecular complexity index is 460. The van der Waals surface area contributed by atoms with Crippen molar-refractivity contribution in [2.75, 3.05) is 44.4 Å². The molecule has 7 heteroatoms. The first-order chi connectivity index (χ1) is 9.97. The maximum absolute atomic E-state index is 12.0. The largest absolute Gasteiger partial charge is 0.397 e. The molecule has 0 aromatic heterocycles. The lowest BCUT2D eigenvalue weighted by Gasteiger charge is -2.19. The van der Waals surface area contributed by atoms with Gasteiger partial charge in [-0.15, -0.1) is 0 Å². The van der Waals surface area contributed by atoms with Crippen molar-refractivity contribution in [1.82, 2.24) is 4.90 Å². The van der Waals surface area contributed by atoms with Crippen LogP contribution in [0.15, 0.2) is 12.1 Å². The number of nitrogens with zero attached hydrogens (tertiary/aromatic N) is 1. The van der Waals surface area contributed by atoms with E-state index in [1.165, 1.54) is 0 Å². The van der Waals surface area contributed by atoms with Crippen LogP contribution >= 0.6 is 23.2 Å². The van der Waals surface area contributed by atoms with Crippen LogP contribution in [0.2, 0.25) is 10.0 Å². The number of hydrogen-bond acceptors (Lipinski definition) is 4. The Balaban J connectivity index is 2.54. The zero-order valence-electron chi connectivity index (χ0n) is 12.3. The minimum Gasteiger partial charge on any atom is -0.397 e. The molecule has 0 saturated heterocycles. The predicted molar refractivity (Wildman–Crippen MR) is 88.1 cm³/mol. The average molecular weight is 334 g/mol. The topological polar surface area (TPSA) is 67.6 Å². The molecule has 1 aromatic carbocycles. The number of halogens is 2. The fraction of sp³-hybridized carbons (Fsp3) is 0.500. The third kappa shape index (κ3) is 6.09. The summed E-state index contributed by atoms with van der Waals surface area (Å²) in [4.78, 5) is 14.1. The lowest BCUT2D eigenvalue weighted by Crippen LogP contribution is -2.30. The summed E-state index contributed by atoms with van der Waals surface area (Å²) >= 11 is 11.9. The van der Waals surface area contributed by atoms with Gasteiger partial charge in [0.2, 0.25) is 5.91 Å². The van der Waals surface area contributed by atoms with Crippen LogP contribution in [0, 0.1) is 0 Å². The van der Waals surface area contributed by atoms with E-state index in [1.54, 1.807) is 19.2 Å². The molecule has 1 amide bonds. The van der Waals surface area contributed by atoms with Gasteiger partial charge in [0.1, 0.15) is 0 Å². The summed E-state index contributed by atoms with van der Waals surface area (Å²) in [7, 11) is 1.66. The number of likely N-dealkylation sites (N-methyl/N-ethyl adjacent to an activating group) is 1. The summed E-state index contributed by atoms with van der Waals surface area (Å²) in [5.41, 5.74) is 6.57. The first kappa shape index (κ1) is 18.0. The SMILES string of the molecule is CCN(CCOC)CCC(=O)Nc1c(N)cc(Cl)cc1Cl. The number of anilines is 2. The molecule has 0 bridgehead atoms. The Kier molecular flexibility index (Phi) is 7.82. The van der Waals surface area contributed by atoms with E-state index in [0.717, 1.165) is 13.1 Å². The molecule has 0 saturated carbocycles. The van der Waals surface area contributed by atoms with Crippen molar-refractivity contribution >= 4 is 40.5 Å². The summed E-state index contributed by atoms with van der Waals surface area (Å²) in [6, 6.07) is 3.10. The number of methoxy groups -OCH3 is 1. The number of ether oxygens (including phenoxy) is 1. The Morgan fingerprint density at radius 2 is 2.10 bits per heavy atom. The second kappa shape index (κ2) is 9.10. The van der Waals surface area contributed by atoms with Crippen LogP contribution in [0.25, 0.3) is 0 Å². The van der Waals surface area contributed by atoms with E-state index in [1.807, 2.05) is 6.92 Å². The van der Waals surface area contributed by atoms with Gasteiger partial charge in [-0.05, 0) is 18.7 Å². The molecule has 0 aliphatic rings. The molecular formula is C14H21Cl2N3O2. The first-order valence-electron chi connectivity index (χ1n) is 6.73. The van der Waals surface area contributed by atoms with E-state index in [2.05, 4.69) is 10.2 Å². The Hall–Kier alpha value is -1.01. The maximum atomic E-state index is 12.0. The van der Waals surface area contributed by atoms with Crippen molar-refractivity contribution in [2.24, 2.45) is 0 Å². The van der Waals surface area contributed by atoms with E-state index < -0.39 is 0 Å². The number of amides is 1. The van der Waals surface area contributed by atoms with E-state index in [4.69, 9.17) is 33.7 Å². The van der Waals surface area contributed by atoms with Gasteiger partial charge in [0.15, 0.2) is 0 Å². The zero-order valence-corrected chi connectivity index (χ0v) is 13.8. The minimum absolute atomic E-state index is 0.137. The molecule has 5 nitrogen and oxygen atoms in total. The van der Waals surface area contributed by atoms with Crippen LogP contribution in [0.3, 0.4) is 0 Å². The molecule has 1 rings (SSSR count). The number of benzene rings is 1. The Morgan fingerprint density at radius 3 is 2.67 bits per heavy atom. The Labute approximate surface area is 135 Å². The Morgan fingerprint density at radius 1 is 1.38 bits per heavy atom. The number of nitrogens with two attached hydrogens (primary N) is 1. The van der Waals surface area contributed by atoms with E-state index in [-0.39, 0.29) is 5.91 Å². The molecule has 0 fully saturated rings.